The molecule has 0 saturated heterocycles. The van der Waals surface area contributed by atoms with Crippen molar-refractivity contribution in [3.63, 3.8) is 0 Å². The average Bonchev–Trinajstić information content (AvgIpc) is 2.75. The molecule has 0 spiro atoms. The molecule has 0 aliphatic heterocycles. The number of carbonyl (C=O) groups is 1. The van der Waals surface area contributed by atoms with Gasteiger partial charge in [-0.15, -0.1) is 0 Å². The molecule has 1 amide bonds. The van der Waals surface area contributed by atoms with Crippen molar-refractivity contribution in [1.82, 2.24) is 0 Å². The van der Waals surface area contributed by atoms with Crippen LogP contribution < -0.4 is 14.4 Å². The molecule has 3 aromatic rings. The lowest BCUT2D eigenvalue weighted by Crippen LogP contribution is -2.27. The molecule has 0 aliphatic rings. The third-order valence-corrected chi connectivity index (χ3v) is 6.51. The fraction of sp³-hybridized carbons (Fsp3) is 0.136. The Hall–Kier alpha value is -3.03. The van der Waals surface area contributed by atoms with Gasteiger partial charge >= 0.3 is 0 Å². The molecule has 0 heterocycles. The normalized spacial score (nSPS) is 11.0. The number of nitrogens with one attached hydrogen (secondary N) is 1. The second-order valence-electron chi connectivity index (χ2n) is 6.33. The number of hydrogen-bond donors (Lipinski definition) is 1. The summed E-state index contributed by atoms with van der Waals surface area (Å²) in [5.41, 5.74) is 1.02. The summed E-state index contributed by atoms with van der Waals surface area (Å²) in [6, 6.07) is 19.7. The van der Waals surface area contributed by atoms with Gasteiger partial charge in [-0.2, -0.15) is 0 Å². The van der Waals surface area contributed by atoms with Crippen molar-refractivity contribution >= 4 is 38.9 Å². The van der Waals surface area contributed by atoms with Crippen LogP contribution >= 0.6 is 11.6 Å². The van der Waals surface area contributed by atoms with E-state index >= 15 is 0 Å². The lowest BCUT2D eigenvalue weighted by atomic mass is 10.2. The van der Waals surface area contributed by atoms with Crippen LogP contribution in [0.5, 0.6) is 5.75 Å². The van der Waals surface area contributed by atoms with Crippen LogP contribution in [0.4, 0.5) is 11.4 Å². The zero-order valence-electron chi connectivity index (χ0n) is 16.5. The van der Waals surface area contributed by atoms with E-state index in [1.54, 1.807) is 54.6 Å². The van der Waals surface area contributed by atoms with Gasteiger partial charge in [0.05, 0.1) is 33.5 Å². The first-order valence-electron chi connectivity index (χ1n) is 9.21. The molecule has 8 heteroatoms. The van der Waals surface area contributed by atoms with Gasteiger partial charge in [0, 0.05) is 7.05 Å². The Balaban J connectivity index is 1.93. The van der Waals surface area contributed by atoms with E-state index in [-0.39, 0.29) is 15.5 Å². The van der Waals surface area contributed by atoms with Crippen molar-refractivity contribution in [1.29, 1.82) is 0 Å². The Labute approximate surface area is 181 Å². The SMILES string of the molecule is CCOc1ccccc1NC(=O)c1cc(S(=O)(=O)N(C)c2ccccc2)ccc1Cl. The first-order valence-corrected chi connectivity index (χ1v) is 11.0. The van der Waals surface area contributed by atoms with Gasteiger partial charge in [0.25, 0.3) is 15.9 Å². The van der Waals surface area contributed by atoms with E-state index in [0.29, 0.717) is 23.7 Å². The highest BCUT2D eigenvalue weighted by molar-refractivity contribution is 7.92. The highest BCUT2D eigenvalue weighted by Crippen LogP contribution is 2.28. The monoisotopic (exact) mass is 444 g/mol. The van der Waals surface area contributed by atoms with E-state index in [1.165, 1.54) is 25.2 Å². The summed E-state index contributed by atoms with van der Waals surface area (Å²) in [4.78, 5) is 12.8. The van der Waals surface area contributed by atoms with Crippen molar-refractivity contribution < 1.29 is 17.9 Å². The van der Waals surface area contributed by atoms with Gasteiger partial charge in [0.15, 0.2) is 0 Å². The largest absolute Gasteiger partial charge is 0.492 e. The van der Waals surface area contributed by atoms with Crippen molar-refractivity contribution in [3.05, 3.63) is 83.4 Å². The minimum Gasteiger partial charge on any atom is -0.492 e. The Kier molecular flexibility index (Phi) is 6.64. The maximum atomic E-state index is 13.0. The van der Waals surface area contributed by atoms with Gasteiger partial charge in [0.1, 0.15) is 5.75 Å². The minimum atomic E-state index is -3.88. The number of hydrogen-bond acceptors (Lipinski definition) is 4. The lowest BCUT2D eigenvalue weighted by molar-refractivity contribution is 0.102. The summed E-state index contributed by atoms with van der Waals surface area (Å²) in [5, 5.41) is 2.88. The molecule has 3 aromatic carbocycles. The molecule has 0 fully saturated rings. The summed E-state index contributed by atoms with van der Waals surface area (Å²) < 4.78 is 32.8. The smallest absolute Gasteiger partial charge is 0.264 e. The van der Waals surface area contributed by atoms with Crippen LogP contribution in [0.2, 0.25) is 5.02 Å². The average molecular weight is 445 g/mol. The number of rotatable bonds is 7. The van der Waals surface area contributed by atoms with E-state index < -0.39 is 15.9 Å². The number of ether oxygens (including phenoxy) is 1. The maximum absolute atomic E-state index is 13.0. The van der Waals surface area contributed by atoms with Crippen LogP contribution in [0.25, 0.3) is 0 Å². The van der Waals surface area contributed by atoms with E-state index in [9.17, 15) is 13.2 Å². The molecule has 0 atom stereocenters. The molecule has 0 aliphatic carbocycles. The zero-order chi connectivity index (χ0) is 21.7. The fourth-order valence-corrected chi connectivity index (χ4v) is 4.24. The molecule has 1 N–H and O–H groups in total. The van der Waals surface area contributed by atoms with Gasteiger partial charge in [0.2, 0.25) is 0 Å². The minimum absolute atomic E-state index is 0.0403. The number of amides is 1. The van der Waals surface area contributed by atoms with Crippen LogP contribution in [0.15, 0.2) is 77.7 Å². The van der Waals surface area contributed by atoms with E-state index in [0.717, 1.165) is 4.31 Å². The third kappa shape index (κ3) is 4.58. The molecule has 6 nitrogen and oxygen atoms in total. The van der Waals surface area contributed by atoms with Gasteiger partial charge < -0.3 is 10.1 Å². The zero-order valence-corrected chi connectivity index (χ0v) is 18.1. The Bertz CT molecular complexity index is 1150. The Morgan fingerprint density at radius 3 is 2.40 bits per heavy atom. The van der Waals surface area contributed by atoms with E-state index in [4.69, 9.17) is 16.3 Å². The predicted octanol–water partition coefficient (Wildman–Crippen LogP) is 4.82. The Morgan fingerprint density at radius 1 is 1.03 bits per heavy atom. The molecule has 30 heavy (non-hydrogen) atoms. The van der Waals surface area contributed by atoms with Crippen molar-refractivity contribution in [3.8, 4) is 5.75 Å². The molecule has 3 rings (SSSR count). The maximum Gasteiger partial charge on any atom is 0.264 e. The predicted molar refractivity (Wildman–Crippen MR) is 119 cm³/mol. The summed E-state index contributed by atoms with van der Waals surface area (Å²) in [6.07, 6.45) is 0. The molecular formula is C22H21ClN2O4S. The topological polar surface area (TPSA) is 75.7 Å². The molecule has 0 unspecified atom stereocenters. The molecule has 156 valence electrons. The summed E-state index contributed by atoms with van der Waals surface area (Å²) in [6.45, 7) is 2.28. The van der Waals surface area contributed by atoms with Gasteiger partial charge in [-0.05, 0) is 49.4 Å². The van der Waals surface area contributed by atoms with Crippen LogP contribution in [-0.2, 0) is 10.0 Å². The summed E-state index contributed by atoms with van der Waals surface area (Å²) >= 11 is 6.20. The van der Waals surface area contributed by atoms with E-state index in [1.807, 2.05) is 6.92 Å². The third-order valence-electron chi connectivity index (χ3n) is 4.40. The van der Waals surface area contributed by atoms with Crippen molar-refractivity contribution in [2.24, 2.45) is 0 Å². The molecule has 0 bridgehead atoms. The van der Waals surface area contributed by atoms with Crippen molar-refractivity contribution in [2.45, 2.75) is 11.8 Å². The molecule has 0 radical (unpaired) electrons. The second-order valence-corrected chi connectivity index (χ2v) is 8.71. The van der Waals surface area contributed by atoms with Gasteiger partial charge in [-0.25, -0.2) is 8.42 Å². The van der Waals surface area contributed by atoms with Gasteiger partial charge in [-0.1, -0.05) is 41.9 Å². The standard InChI is InChI=1S/C22H21ClN2O4S/c1-3-29-21-12-8-7-11-20(21)24-22(26)18-15-17(13-14-19(18)23)30(27,28)25(2)16-9-5-4-6-10-16/h4-15H,3H2,1-2H3,(H,24,26). The van der Waals surface area contributed by atoms with Gasteiger partial charge in [-0.3, -0.25) is 9.10 Å². The summed E-state index contributed by atoms with van der Waals surface area (Å²) in [5.74, 6) is -0.0244. The van der Waals surface area contributed by atoms with Crippen LogP contribution in [-0.4, -0.2) is 28.0 Å². The fourth-order valence-electron chi connectivity index (χ4n) is 2.81. The quantitative estimate of drug-likeness (QED) is 0.567. The Morgan fingerprint density at radius 2 is 1.70 bits per heavy atom. The highest BCUT2D eigenvalue weighted by atomic mass is 35.5. The molecule has 0 aromatic heterocycles. The number of nitrogens with zero attached hydrogens (tertiary/aromatic N) is 1. The van der Waals surface area contributed by atoms with Crippen molar-refractivity contribution in [2.75, 3.05) is 23.3 Å². The molecule has 0 saturated carbocycles. The number of benzene rings is 3. The number of halogens is 1. The first-order chi connectivity index (χ1) is 14.3. The second kappa shape index (κ2) is 9.19. The first kappa shape index (κ1) is 21.7. The van der Waals surface area contributed by atoms with Crippen LogP contribution in [0.3, 0.4) is 0 Å². The summed E-state index contributed by atoms with van der Waals surface area (Å²) in [7, 11) is -2.43. The molecular weight excluding hydrogens is 424 g/mol. The van der Waals surface area contributed by atoms with Crippen LogP contribution in [0.1, 0.15) is 17.3 Å². The van der Waals surface area contributed by atoms with Crippen LogP contribution in [0, 0.1) is 0 Å². The lowest BCUT2D eigenvalue weighted by Gasteiger charge is -2.20. The highest BCUT2D eigenvalue weighted by Gasteiger charge is 2.24. The number of anilines is 2. The number of sulfonamides is 1. The van der Waals surface area contributed by atoms with E-state index in [2.05, 4.69) is 5.32 Å². The number of carbonyl (C=O) groups excluding carboxylic acids is 1. The number of para-hydroxylation sites is 3.